The first-order chi connectivity index (χ1) is 6.59. The van der Waals surface area contributed by atoms with Gasteiger partial charge in [0.15, 0.2) is 0 Å². The minimum Gasteiger partial charge on any atom is -0.481 e. The van der Waals surface area contributed by atoms with Gasteiger partial charge in [0, 0.05) is 18.5 Å². The van der Waals surface area contributed by atoms with Crippen molar-refractivity contribution in [3.8, 4) is 0 Å². The number of hydrogen-bond acceptors (Lipinski definition) is 2. The number of carboxylic acid groups (broad SMARTS) is 1. The molecule has 3 unspecified atom stereocenters. The summed E-state index contributed by atoms with van der Waals surface area (Å²) in [5, 5.41) is 12.1. The number of rotatable bonds is 5. The third kappa shape index (κ3) is 3.66. The van der Waals surface area contributed by atoms with E-state index in [-0.39, 0.29) is 6.42 Å². The molecule has 1 aliphatic rings. The summed E-state index contributed by atoms with van der Waals surface area (Å²) in [5.74, 6) is 0.0559. The van der Waals surface area contributed by atoms with E-state index in [1.54, 1.807) is 0 Å². The highest BCUT2D eigenvalue weighted by Crippen LogP contribution is 2.25. The van der Waals surface area contributed by atoms with Gasteiger partial charge in [-0.25, -0.2) is 0 Å². The van der Waals surface area contributed by atoms with Crippen LogP contribution in [-0.4, -0.2) is 23.2 Å². The van der Waals surface area contributed by atoms with Gasteiger partial charge >= 0.3 is 5.97 Å². The molecule has 1 aliphatic carbocycles. The predicted molar refractivity (Wildman–Crippen MR) is 56.3 cm³/mol. The van der Waals surface area contributed by atoms with E-state index in [9.17, 15) is 4.79 Å². The Morgan fingerprint density at radius 1 is 1.57 bits per heavy atom. The molecule has 0 amide bonds. The third-order valence-electron chi connectivity index (χ3n) is 3.15. The molecular formula is C11H21NO2. The highest BCUT2D eigenvalue weighted by Gasteiger charge is 2.24. The molecule has 1 fully saturated rings. The fraction of sp³-hybridized carbons (Fsp3) is 0.909. The molecule has 3 nitrogen and oxygen atoms in total. The minimum atomic E-state index is -0.696. The first kappa shape index (κ1) is 11.5. The van der Waals surface area contributed by atoms with Gasteiger partial charge in [-0.2, -0.15) is 0 Å². The summed E-state index contributed by atoms with van der Waals surface area (Å²) >= 11 is 0. The Kier molecular flexibility index (Phi) is 4.39. The molecule has 0 aliphatic heterocycles. The summed E-state index contributed by atoms with van der Waals surface area (Å²) < 4.78 is 0. The van der Waals surface area contributed by atoms with Crippen LogP contribution in [0.25, 0.3) is 0 Å². The molecule has 14 heavy (non-hydrogen) atoms. The lowest BCUT2D eigenvalue weighted by Gasteiger charge is -2.22. The Morgan fingerprint density at radius 3 is 2.79 bits per heavy atom. The summed E-state index contributed by atoms with van der Waals surface area (Å²) in [7, 11) is 0. The van der Waals surface area contributed by atoms with Crippen molar-refractivity contribution in [2.24, 2.45) is 5.92 Å². The van der Waals surface area contributed by atoms with Crippen LogP contribution in [0.4, 0.5) is 0 Å². The molecule has 1 saturated carbocycles. The number of carboxylic acids is 1. The lowest BCUT2D eigenvalue weighted by atomic mass is 10.0. The molecule has 2 N–H and O–H groups in total. The molecule has 0 aromatic carbocycles. The van der Waals surface area contributed by atoms with Crippen molar-refractivity contribution < 1.29 is 9.90 Å². The number of carbonyl (C=O) groups is 1. The zero-order chi connectivity index (χ0) is 10.6. The maximum absolute atomic E-state index is 10.4. The molecule has 0 heterocycles. The largest absolute Gasteiger partial charge is 0.481 e. The molecule has 82 valence electrons. The minimum absolute atomic E-state index is 0.273. The Morgan fingerprint density at radius 2 is 2.29 bits per heavy atom. The first-order valence-electron chi connectivity index (χ1n) is 5.57. The van der Waals surface area contributed by atoms with E-state index in [0.29, 0.717) is 12.1 Å². The van der Waals surface area contributed by atoms with Crippen LogP contribution in [0.15, 0.2) is 0 Å². The molecular weight excluding hydrogens is 178 g/mol. The summed E-state index contributed by atoms with van der Waals surface area (Å²) in [6, 6.07) is 0.940. The Labute approximate surface area is 85.9 Å². The molecule has 0 spiro atoms. The average Bonchev–Trinajstić information content (AvgIpc) is 2.49. The smallest absolute Gasteiger partial charge is 0.303 e. The van der Waals surface area contributed by atoms with Crippen molar-refractivity contribution in [3.05, 3.63) is 0 Å². The van der Waals surface area contributed by atoms with Crippen LogP contribution in [-0.2, 0) is 4.79 Å². The Hall–Kier alpha value is -0.570. The molecule has 0 radical (unpaired) electrons. The lowest BCUT2D eigenvalue weighted by molar-refractivity contribution is -0.137. The number of aliphatic carboxylic acids is 1. The van der Waals surface area contributed by atoms with Crippen LogP contribution >= 0.6 is 0 Å². The van der Waals surface area contributed by atoms with Gasteiger partial charge in [0.1, 0.15) is 0 Å². The van der Waals surface area contributed by atoms with Crippen molar-refractivity contribution in [2.45, 2.75) is 58.0 Å². The predicted octanol–water partition coefficient (Wildman–Crippen LogP) is 2.02. The van der Waals surface area contributed by atoms with Gasteiger partial charge in [-0.1, -0.05) is 13.3 Å². The maximum atomic E-state index is 10.4. The zero-order valence-electron chi connectivity index (χ0n) is 9.12. The van der Waals surface area contributed by atoms with E-state index in [1.807, 2.05) is 0 Å². The normalized spacial score (nSPS) is 29.0. The summed E-state index contributed by atoms with van der Waals surface area (Å²) in [6.07, 6.45) is 4.88. The van der Waals surface area contributed by atoms with Crippen LogP contribution in [0, 0.1) is 5.92 Å². The summed E-state index contributed by atoms with van der Waals surface area (Å²) in [5.41, 5.74) is 0. The summed E-state index contributed by atoms with van der Waals surface area (Å²) in [6.45, 7) is 4.35. The van der Waals surface area contributed by atoms with Gasteiger partial charge in [0.05, 0.1) is 0 Å². The van der Waals surface area contributed by atoms with E-state index in [1.165, 1.54) is 19.3 Å². The quantitative estimate of drug-likeness (QED) is 0.712. The molecule has 1 rings (SSSR count). The van der Waals surface area contributed by atoms with Crippen molar-refractivity contribution in [2.75, 3.05) is 0 Å². The van der Waals surface area contributed by atoms with Gasteiger partial charge in [-0.3, -0.25) is 4.79 Å². The fourth-order valence-corrected chi connectivity index (χ4v) is 2.18. The Bertz CT molecular complexity index is 194. The molecule has 3 atom stereocenters. The zero-order valence-corrected chi connectivity index (χ0v) is 9.12. The SMILES string of the molecule is CC(CCC(=O)O)NC1CCCC1C. The summed E-state index contributed by atoms with van der Waals surface area (Å²) in [4.78, 5) is 10.4. The van der Waals surface area contributed by atoms with E-state index in [0.717, 1.165) is 12.3 Å². The van der Waals surface area contributed by atoms with Gasteiger partial charge < -0.3 is 10.4 Å². The van der Waals surface area contributed by atoms with Gasteiger partial charge in [0.2, 0.25) is 0 Å². The van der Waals surface area contributed by atoms with Crippen molar-refractivity contribution in [1.82, 2.24) is 5.32 Å². The van der Waals surface area contributed by atoms with Crippen LogP contribution in [0.2, 0.25) is 0 Å². The second kappa shape index (κ2) is 5.35. The lowest BCUT2D eigenvalue weighted by Crippen LogP contribution is -2.38. The second-order valence-electron chi connectivity index (χ2n) is 4.51. The third-order valence-corrected chi connectivity index (χ3v) is 3.15. The van der Waals surface area contributed by atoms with Gasteiger partial charge in [-0.15, -0.1) is 0 Å². The molecule has 0 saturated heterocycles. The molecule has 0 bridgehead atoms. The molecule has 3 heteroatoms. The van der Waals surface area contributed by atoms with Crippen LogP contribution in [0.5, 0.6) is 0 Å². The number of nitrogens with one attached hydrogen (secondary N) is 1. The van der Waals surface area contributed by atoms with Crippen molar-refractivity contribution in [3.63, 3.8) is 0 Å². The fourth-order valence-electron chi connectivity index (χ4n) is 2.18. The van der Waals surface area contributed by atoms with Crippen LogP contribution in [0.1, 0.15) is 46.0 Å². The van der Waals surface area contributed by atoms with Gasteiger partial charge in [0.25, 0.3) is 0 Å². The average molecular weight is 199 g/mol. The van der Waals surface area contributed by atoms with Crippen LogP contribution < -0.4 is 5.32 Å². The molecule has 0 aromatic heterocycles. The highest BCUT2D eigenvalue weighted by molar-refractivity contribution is 5.66. The van der Waals surface area contributed by atoms with E-state index >= 15 is 0 Å². The van der Waals surface area contributed by atoms with E-state index in [2.05, 4.69) is 19.2 Å². The highest BCUT2D eigenvalue weighted by atomic mass is 16.4. The van der Waals surface area contributed by atoms with E-state index < -0.39 is 5.97 Å². The van der Waals surface area contributed by atoms with Crippen molar-refractivity contribution in [1.29, 1.82) is 0 Å². The first-order valence-corrected chi connectivity index (χ1v) is 5.57. The van der Waals surface area contributed by atoms with Crippen LogP contribution in [0.3, 0.4) is 0 Å². The van der Waals surface area contributed by atoms with Crippen molar-refractivity contribution >= 4 is 5.97 Å². The van der Waals surface area contributed by atoms with Gasteiger partial charge in [-0.05, 0) is 32.1 Å². The number of hydrogen-bond donors (Lipinski definition) is 2. The second-order valence-corrected chi connectivity index (χ2v) is 4.51. The Balaban J connectivity index is 2.19. The maximum Gasteiger partial charge on any atom is 0.303 e. The standard InChI is InChI=1S/C11H21NO2/c1-8-4-3-5-10(8)12-9(2)6-7-11(13)14/h8-10,12H,3-7H2,1-2H3,(H,13,14). The molecule has 0 aromatic rings. The monoisotopic (exact) mass is 199 g/mol. The topological polar surface area (TPSA) is 49.3 Å². The van der Waals surface area contributed by atoms with E-state index in [4.69, 9.17) is 5.11 Å².